The molecule has 5 rings (SSSR count). The molecule has 3 aliphatic rings. The van der Waals surface area contributed by atoms with E-state index in [1.807, 2.05) is 11.0 Å². The van der Waals surface area contributed by atoms with E-state index in [0.29, 0.717) is 35.2 Å². The number of nitrogens with zero attached hydrogens (tertiary/aromatic N) is 4. The Hall–Kier alpha value is -2.77. The third-order valence-electron chi connectivity index (χ3n) is 5.98. The molecule has 29 heavy (non-hydrogen) atoms. The number of aromatic nitrogens is 3. The van der Waals surface area contributed by atoms with Crippen molar-refractivity contribution in [3.8, 4) is 6.07 Å². The Kier molecular flexibility index (Phi) is 5.10. The molecular formula is C19H22N6O3S. The van der Waals surface area contributed by atoms with Crippen LogP contribution in [0.25, 0.3) is 0 Å². The summed E-state index contributed by atoms with van der Waals surface area (Å²) in [6.07, 6.45) is 5.17. The summed E-state index contributed by atoms with van der Waals surface area (Å²) in [4.78, 5) is 14.3. The van der Waals surface area contributed by atoms with Crippen molar-refractivity contribution in [2.24, 2.45) is 11.8 Å². The molecule has 4 heterocycles. The van der Waals surface area contributed by atoms with Gasteiger partial charge >= 0.3 is 0 Å². The fourth-order valence-electron chi connectivity index (χ4n) is 4.61. The van der Waals surface area contributed by atoms with Crippen LogP contribution in [0.1, 0.15) is 28.9 Å². The number of aromatic amines is 1. The van der Waals surface area contributed by atoms with E-state index in [0.717, 1.165) is 19.3 Å². The van der Waals surface area contributed by atoms with Crippen molar-refractivity contribution in [2.75, 3.05) is 19.3 Å². The van der Waals surface area contributed by atoms with Crippen LogP contribution in [0.2, 0.25) is 0 Å². The van der Waals surface area contributed by atoms with Gasteiger partial charge in [-0.2, -0.15) is 20.7 Å². The first-order valence-corrected chi connectivity index (χ1v) is 11.4. The highest BCUT2D eigenvalue weighted by atomic mass is 32.2. The second-order valence-corrected chi connectivity index (χ2v) is 9.78. The van der Waals surface area contributed by atoms with E-state index >= 15 is 0 Å². The summed E-state index contributed by atoms with van der Waals surface area (Å²) in [5.41, 5.74) is 0.795. The van der Waals surface area contributed by atoms with Gasteiger partial charge in [0, 0.05) is 31.4 Å². The average molecular weight is 414 g/mol. The topological polar surface area (TPSA) is 132 Å². The highest BCUT2D eigenvalue weighted by molar-refractivity contribution is 7.90. The quantitative estimate of drug-likeness (QED) is 0.735. The van der Waals surface area contributed by atoms with E-state index in [2.05, 4.69) is 20.7 Å². The molecular weight excluding hydrogens is 392 g/mol. The lowest BCUT2D eigenvalue weighted by Gasteiger charge is -2.19. The Balaban J connectivity index is 0.000000152. The van der Waals surface area contributed by atoms with E-state index < -0.39 is 9.84 Å². The van der Waals surface area contributed by atoms with Gasteiger partial charge in [0.25, 0.3) is 5.91 Å². The van der Waals surface area contributed by atoms with Gasteiger partial charge in [-0.15, -0.1) is 0 Å². The highest BCUT2D eigenvalue weighted by Crippen LogP contribution is 2.43. The SMILES string of the molecule is CS(=O)(=O)c1cccc(C#N)c1.O=C(c1cn[nH]n1)N1C[C@@H]2[C@H](C1)[C@@H]1CC[C@H]2N1. The van der Waals surface area contributed by atoms with Gasteiger partial charge in [-0.1, -0.05) is 6.07 Å². The molecule has 1 aromatic heterocycles. The first-order valence-electron chi connectivity index (χ1n) is 9.48. The zero-order valence-corrected chi connectivity index (χ0v) is 16.8. The molecule has 3 saturated heterocycles. The number of H-pyrrole nitrogens is 1. The second-order valence-electron chi connectivity index (χ2n) is 7.76. The Bertz CT molecular complexity index is 1030. The molecule has 1 amide bonds. The number of carbonyl (C=O) groups is 1. The second kappa shape index (κ2) is 7.57. The Morgan fingerprint density at radius 2 is 1.93 bits per heavy atom. The van der Waals surface area contributed by atoms with E-state index in [1.165, 1.54) is 31.2 Å². The molecule has 9 nitrogen and oxygen atoms in total. The molecule has 1 aromatic carbocycles. The van der Waals surface area contributed by atoms with Crippen LogP contribution in [0.15, 0.2) is 35.4 Å². The zero-order chi connectivity index (χ0) is 20.6. The average Bonchev–Trinajstić information content (AvgIpc) is 3.50. The summed E-state index contributed by atoms with van der Waals surface area (Å²) >= 11 is 0. The van der Waals surface area contributed by atoms with Gasteiger partial charge in [-0.3, -0.25) is 4.79 Å². The third-order valence-corrected chi connectivity index (χ3v) is 7.09. The van der Waals surface area contributed by atoms with Gasteiger partial charge in [0.2, 0.25) is 0 Å². The number of fused-ring (bicyclic) bond motifs is 5. The van der Waals surface area contributed by atoms with Crippen LogP contribution in [-0.4, -0.2) is 66.1 Å². The monoisotopic (exact) mass is 414 g/mol. The highest BCUT2D eigenvalue weighted by Gasteiger charge is 2.52. The summed E-state index contributed by atoms with van der Waals surface area (Å²) in [6.45, 7) is 1.76. The number of sulfone groups is 1. The summed E-state index contributed by atoms with van der Waals surface area (Å²) in [6, 6.07) is 9.09. The fraction of sp³-hybridized carbons (Fsp3) is 0.474. The molecule has 0 aliphatic carbocycles. The van der Waals surface area contributed by atoms with Crippen molar-refractivity contribution in [3.63, 3.8) is 0 Å². The molecule has 2 N–H and O–H groups in total. The number of hydrogen-bond donors (Lipinski definition) is 2. The molecule has 3 fully saturated rings. The van der Waals surface area contributed by atoms with Crippen molar-refractivity contribution in [3.05, 3.63) is 41.7 Å². The van der Waals surface area contributed by atoms with E-state index in [1.54, 1.807) is 12.1 Å². The first kappa shape index (κ1) is 19.5. The number of rotatable bonds is 2. The van der Waals surface area contributed by atoms with Crippen LogP contribution in [0.4, 0.5) is 0 Å². The standard InChI is InChI=1S/C11H15N5O.C8H7NO2S/c17-11(10-3-12-15-14-10)16-4-6-7(5-16)9-2-1-8(6)13-9;1-12(10,11)8-4-2-3-7(5-8)6-9/h3,6-9,13H,1-2,4-5H2,(H,12,14,15);2-5H,1H3/t6-,7+,8-,9+;. The van der Waals surface area contributed by atoms with Crippen LogP contribution in [0, 0.1) is 23.2 Å². The van der Waals surface area contributed by atoms with Crippen LogP contribution in [-0.2, 0) is 9.84 Å². The van der Waals surface area contributed by atoms with Crippen molar-refractivity contribution < 1.29 is 13.2 Å². The number of nitrogens with one attached hydrogen (secondary N) is 2. The number of carbonyl (C=O) groups excluding carboxylic acids is 1. The minimum atomic E-state index is -3.19. The molecule has 2 bridgehead atoms. The lowest BCUT2D eigenvalue weighted by Crippen LogP contribution is -2.35. The predicted molar refractivity (Wildman–Crippen MR) is 103 cm³/mol. The number of likely N-dealkylation sites (tertiary alicyclic amines) is 1. The summed E-state index contributed by atoms with van der Waals surface area (Å²) in [7, 11) is -3.19. The number of nitriles is 1. The minimum absolute atomic E-state index is 0.0209. The minimum Gasteiger partial charge on any atom is -0.337 e. The summed E-state index contributed by atoms with van der Waals surface area (Å²) in [5, 5.41) is 22.2. The third kappa shape index (κ3) is 3.88. The van der Waals surface area contributed by atoms with Gasteiger partial charge in [-0.05, 0) is 42.9 Å². The van der Waals surface area contributed by atoms with Crippen LogP contribution < -0.4 is 5.32 Å². The van der Waals surface area contributed by atoms with Gasteiger partial charge in [-0.25, -0.2) is 8.42 Å². The predicted octanol–water partition coefficient (Wildman–Crippen LogP) is 0.589. The van der Waals surface area contributed by atoms with Crippen molar-refractivity contribution >= 4 is 15.7 Å². The normalized spacial score (nSPS) is 27.1. The maximum absolute atomic E-state index is 12.2. The number of hydrogen-bond acceptors (Lipinski definition) is 7. The lowest BCUT2D eigenvalue weighted by molar-refractivity contribution is 0.0773. The van der Waals surface area contributed by atoms with E-state index in [4.69, 9.17) is 5.26 Å². The zero-order valence-electron chi connectivity index (χ0n) is 15.9. The Morgan fingerprint density at radius 1 is 1.24 bits per heavy atom. The Morgan fingerprint density at radius 3 is 2.48 bits per heavy atom. The number of benzene rings is 1. The maximum Gasteiger partial charge on any atom is 0.276 e. The molecule has 4 atom stereocenters. The van der Waals surface area contributed by atoms with Crippen LogP contribution in [0.3, 0.4) is 0 Å². The Labute approximate surface area is 169 Å². The smallest absolute Gasteiger partial charge is 0.276 e. The van der Waals surface area contributed by atoms with Crippen molar-refractivity contribution in [1.29, 1.82) is 5.26 Å². The molecule has 2 aromatic rings. The van der Waals surface area contributed by atoms with Crippen molar-refractivity contribution in [1.82, 2.24) is 25.6 Å². The van der Waals surface area contributed by atoms with E-state index in [-0.39, 0.29) is 10.8 Å². The fourth-order valence-corrected chi connectivity index (χ4v) is 5.28. The van der Waals surface area contributed by atoms with Crippen LogP contribution >= 0.6 is 0 Å². The molecule has 0 spiro atoms. The number of amides is 1. The van der Waals surface area contributed by atoms with Crippen molar-refractivity contribution in [2.45, 2.75) is 29.8 Å². The maximum atomic E-state index is 12.2. The van der Waals surface area contributed by atoms with Gasteiger partial charge in [0.05, 0.1) is 22.7 Å². The van der Waals surface area contributed by atoms with Gasteiger partial charge < -0.3 is 10.2 Å². The molecule has 0 saturated carbocycles. The molecule has 0 unspecified atom stereocenters. The van der Waals surface area contributed by atoms with E-state index in [9.17, 15) is 13.2 Å². The van der Waals surface area contributed by atoms with Gasteiger partial charge in [0.1, 0.15) is 0 Å². The first-order chi connectivity index (χ1) is 13.9. The summed E-state index contributed by atoms with van der Waals surface area (Å²) in [5.74, 6) is 1.33. The van der Waals surface area contributed by atoms with Gasteiger partial charge in [0.15, 0.2) is 15.5 Å². The largest absolute Gasteiger partial charge is 0.337 e. The molecule has 10 heteroatoms. The van der Waals surface area contributed by atoms with Crippen LogP contribution in [0.5, 0.6) is 0 Å². The summed E-state index contributed by atoms with van der Waals surface area (Å²) < 4.78 is 22.0. The lowest BCUT2D eigenvalue weighted by atomic mass is 9.82. The molecule has 152 valence electrons. The molecule has 3 aliphatic heterocycles. The molecule has 0 radical (unpaired) electrons.